The highest BCUT2D eigenvalue weighted by Gasteiger charge is 2.33. The molecule has 1 atom stereocenters. The zero-order valence-electron chi connectivity index (χ0n) is 12.5. The molecule has 1 heterocycles. The fraction of sp³-hybridized carbons (Fsp3) is 0.917. The lowest BCUT2D eigenvalue weighted by Crippen LogP contribution is -2.48. The zero-order chi connectivity index (χ0) is 15.2. The van der Waals surface area contributed by atoms with Crippen LogP contribution in [-0.4, -0.2) is 70.4 Å². The highest BCUT2D eigenvalue weighted by molar-refractivity contribution is 7.86. The molecule has 0 radical (unpaired) electrons. The van der Waals surface area contributed by atoms with E-state index in [-0.39, 0.29) is 18.4 Å². The second kappa shape index (κ2) is 7.92. The van der Waals surface area contributed by atoms with Gasteiger partial charge in [0.25, 0.3) is 10.2 Å². The Kier molecular flexibility index (Phi) is 6.87. The number of piperidine rings is 1. The SMILES string of the molecule is COCCCNC(=O)[C@@H]1CCCN(S(=O)(=O)N(C)C)C1. The second-order valence-corrected chi connectivity index (χ2v) is 7.27. The monoisotopic (exact) mass is 307 g/mol. The molecule has 118 valence electrons. The van der Waals surface area contributed by atoms with E-state index in [9.17, 15) is 13.2 Å². The molecule has 0 unspecified atom stereocenters. The van der Waals surface area contributed by atoms with Crippen LogP contribution < -0.4 is 5.32 Å². The number of nitrogens with one attached hydrogen (secondary N) is 1. The van der Waals surface area contributed by atoms with Gasteiger partial charge in [-0.05, 0) is 19.3 Å². The molecule has 1 N–H and O–H groups in total. The third-order valence-corrected chi connectivity index (χ3v) is 5.27. The van der Waals surface area contributed by atoms with Gasteiger partial charge < -0.3 is 10.1 Å². The molecule has 8 heteroatoms. The summed E-state index contributed by atoms with van der Waals surface area (Å²) in [6, 6.07) is 0. The molecule has 0 bridgehead atoms. The van der Waals surface area contributed by atoms with Crippen molar-refractivity contribution >= 4 is 16.1 Å². The van der Waals surface area contributed by atoms with Crippen LogP contribution in [0, 0.1) is 5.92 Å². The summed E-state index contributed by atoms with van der Waals surface area (Å²) < 4.78 is 31.6. The van der Waals surface area contributed by atoms with Gasteiger partial charge in [0.1, 0.15) is 0 Å². The normalized spacial score (nSPS) is 21.1. The zero-order valence-corrected chi connectivity index (χ0v) is 13.3. The van der Waals surface area contributed by atoms with E-state index in [1.54, 1.807) is 7.11 Å². The first-order chi connectivity index (χ1) is 9.39. The molecule has 0 aliphatic carbocycles. The molecule has 0 aromatic heterocycles. The highest BCUT2D eigenvalue weighted by atomic mass is 32.2. The summed E-state index contributed by atoms with van der Waals surface area (Å²) >= 11 is 0. The van der Waals surface area contributed by atoms with Gasteiger partial charge >= 0.3 is 0 Å². The molecule has 1 fully saturated rings. The number of nitrogens with zero attached hydrogens (tertiary/aromatic N) is 2. The maximum Gasteiger partial charge on any atom is 0.281 e. The fourth-order valence-corrected chi connectivity index (χ4v) is 3.36. The average molecular weight is 307 g/mol. The molecule has 0 aromatic rings. The van der Waals surface area contributed by atoms with Gasteiger partial charge in [-0.2, -0.15) is 17.0 Å². The van der Waals surface area contributed by atoms with Crippen LogP contribution >= 0.6 is 0 Å². The van der Waals surface area contributed by atoms with Gasteiger partial charge in [0.15, 0.2) is 0 Å². The van der Waals surface area contributed by atoms with Crippen LogP contribution in [0.1, 0.15) is 19.3 Å². The molecular weight excluding hydrogens is 282 g/mol. The molecule has 0 saturated carbocycles. The molecular formula is C12H25N3O4S. The lowest BCUT2D eigenvalue weighted by molar-refractivity contribution is -0.126. The lowest BCUT2D eigenvalue weighted by Gasteiger charge is -2.32. The summed E-state index contributed by atoms with van der Waals surface area (Å²) in [6.07, 6.45) is 2.20. The summed E-state index contributed by atoms with van der Waals surface area (Å²) in [5.74, 6) is -0.333. The Morgan fingerprint density at radius 2 is 2.15 bits per heavy atom. The number of rotatable bonds is 7. The quantitative estimate of drug-likeness (QED) is 0.653. The molecule has 1 rings (SSSR count). The first-order valence-electron chi connectivity index (χ1n) is 6.84. The van der Waals surface area contributed by atoms with Crippen LogP contribution in [-0.2, 0) is 19.7 Å². The number of carbonyl (C=O) groups is 1. The van der Waals surface area contributed by atoms with Crippen LogP contribution in [0.2, 0.25) is 0 Å². The van der Waals surface area contributed by atoms with Crippen LogP contribution in [0.5, 0.6) is 0 Å². The summed E-state index contributed by atoms with van der Waals surface area (Å²) in [5, 5.41) is 2.83. The minimum Gasteiger partial charge on any atom is -0.385 e. The topological polar surface area (TPSA) is 79.0 Å². The largest absolute Gasteiger partial charge is 0.385 e. The third kappa shape index (κ3) is 4.69. The van der Waals surface area contributed by atoms with E-state index in [1.165, 1.54) is 22.7 Å². The first kappa shape index (κ1) is 17.4. The van der Waals surface area contributed by atoms with E-state index < -0.39 is 10.2 Å². The molecule has 7 nitrogen and oxygen atoms in total. The molecule has 1 aliphatic heterocycles. The van der Waals surface area contributed by atoms with Crippen molar-refractivity contribution in [3.05, 3.63) is 0 Å². The second-order valence-electron chi connectivity index (χ2n) is 5.12. The Morgan fingerprint density at radius 1 is 1.45 bits per heavy atom. The molecule has 1 aliphatic rings. The van der Waals surface area contributed by atoms with Crippen molar-refractivity contribution in [3.8, 4) is 0 Å². The van der Waals surface area contributed by atoms with Crippen molar-refractivity contribution in [2.45, 2.75) is 19.3 Å². The lowest BCUT2D eigenvalue weighted by atomic mass is 9.99. The van der Waals surface area contributed by atoms with E-state index >= 15 is 0 Å². The third-order valence-electron chi connectivity index (χ3n) is 3.37. The number of methoxy groups -OCH3 is 1. The van der Waals surface area contributed by atoms with E-state index in [0.29, 0.717) is 26.1 Å². The smallest absolute Gasteiger partial charge is 0.281 e. The summed E-state index contributed by atoms with van der Waals surface area (Å²) in [6.45, 7) is 1.90. The van der Waals surface area contributed by atoms with Crippen molar-refractivity contribution in [3.63, 3.8) is 0 Å². The van der Waals surface area contributed by atoms with Crippen molar-refractivity contribution in [1.82, 2.24) is 13.9 Å². The van der Waals surface area contributed by atoms with Gasteiger partial charge in [0.05, 0.1) is 5.92 Å². The average Bonchev–Trinajstić information content (AvgIpc) is 2.43. The van der Waals surface area contributed by atoms with Gasteiger partial charge in [-0.3, -0.25) is 4.79 Å². The van der Waals surface area contributed by atoms with Crippen molar-refractivity contribution in [2.24, 2.45) is 5.92 Å². The first-order valence-corrected chi connectivity index (χ1v) is 8.23. The molecule has 0 aromatic carbocycles. The van der Waals surface area contributed by atoms with E-state index in [2.05, 4.69) is 5.32 Å². The van der Waals surface area contributed by atoms with Gasteiger partial charge in [-0.25, -0.2) is 0 Å². The van der Waals surface area contributed by atoms with Crippen LogP contribution in [0.4, 0.5) is 0 Å². The summed E-state index contributed by atoms with van der Waals surface area (Å²) in [4.78, 5) is 12.0. The maximum atomic E-state index is 12.1. The van der Waals surface area contributed by atoms with Crippen LogP contribution in [0.3, 0.4) is 0 Å². The number of carbonyl (C=O) groups excluding carboxylic acids is 1. The Morgan fingerprint density at radius 3 is 2.75 bits per heavy atom. The van der Waals surface area contributed by atoms with Crippen molar-refractivity contribution in [2.75, 3.05) is 47.4 Å². The number of amides is 1. The summed E-state index contributed by atoms with van der Waals surface area (Å²) in [5.41, 5.74) is 0. The minimum absolute atomic E-state index is 0.0697. The number of ether oxygens (including phenoxy) is 1. The maximum absolute atomic E-state index is 12.1. The minimum atomic E-state index is -3.43. The van der Waals surface area contributed by atoms with E-state index in [0.717, 1.165) is 12.8 Å². The summed E-state index contributed by atoms with van der Waals surface area (Å²) in [7, 11) is 1.20. The Balaban J connectivity index is 2.50. The van der Waals surface area contributed by atoms with Gasteiger partial charge in [0, 0.05) is 47.4 Å². The van der Waals surface area contributed by atoms with Crippen LogP contribution in [0.25, 0.3) is 0 Å². The highest BCUT2D eigenvalue weighted by Crippen LogP contribution is 2.20. The standard InChI is InChI=1S/C12H25N3O4S/c1-14(2)20(17,18)15-8-4-6-11(10-15)12(16)13-7-5-9-19-3/h11H,4-10H2,1-3H3,(H,13,16)/t11-/m1/s1. The van der Waals surface area contributed by atoms with E-state index in [4.69, 9.17) is 4.74 Å². The Labute approximate surface area is 121 Å². The molecule has 1 saturated heterocycles. The van der Waals surface area contributed by atoms with Crippen molar-refractivity contribution in [1.29, 1.82) is 0 Å². The predicted octanol–water partition coefficient (Wildman–Crippen LogP) is -0.342. The Hall–Kier alpha value is -0.700. The number of hydrogen-bond donors (Lipinski definition) is 1. The van der Waals surface area contributed by atoms with Gasteiger partial charge in [-0.15, -0.1) is 0 Å². The van der Waals surface area contributed by atoms with Gasteiger partial charge in [-0.1, -0.05) is 0 Å². The molecule has 1 amide bonds. The fourth-order valence-electron chi connectivity index (χ4n) is 2.17. The van der Waals surface area contributed by atoms with Crippen molar-refractivity contribution < 1.29 is 17.9 Å². The van der Waals surface area contributed by atoms with E-state index in [1.807, 2.05) is 0 Å². The molecule has 20 heavy (non-hydrogen) atoms. The van der Waals surface area contributed by atoms with Crippen LogP contribution in [0.15, 0.2) is 0 Å². The number of hydrogen-bond acceptors (Lipinski definition) is 4. The Bertz CT molecular complexity index is 411. The van der Waals surface area contributed by atoms with Gasteiger partial charge in [0.2, 0.25) is 5.91 Å². The molecule has 0 spiro atoms. The predicted molar refractivity (Wildman–Crippen MR) is 76.4 cm³/mol.